The first-order chi connectivity index (χ1) is 14.1. The molecule has 7 heteroatoms. The van der Waals surface area contributed by atoms with Gasteiger partial charge in [-0.05, 0) is 25.0 Å². The molecular weight excluding hydrogens is 366 g/mol. The van der Waals surface area contributed by atoms with E-state index in [4.69, 9.17) is 15.1 Å². The molecule has 2 bridgehead atoms. The van der Waals surface area contributed by atoms with E-state index >= 15 is 0 Å². The second kappa shape index (κ2) is 7.95. The molecule has 150 valence electrons. The van der Waals surface area contributed by atoms with Crippen LogP contribution in [-0.2, 0) is 4.74 Å². The quantitative estimate of drug-likeness (QED) is 0.592. The average molecular weight is 391 g/mol. The highest BCUT2D eigenvalue weighted by Gasteiger charge is 2.44. The second-order valence-corrected chi connectivity index (χ2v) is 7.32. The fourth-order valence-electron chi connectivity index (χ4n) is 3.77. The minimum Gasteiger partial charge on any atom is -0.496 e. The summed E-state index contributed by atoms with van der Waals surface area (Å²) in [6, 6.07) is 10.7. The van der Waals surface area contributed by atoms with Gasteiger partial charge in [0, 0.05) is 30.2 Å². The summed E-state index contributed by atoms with van der Waals surface area (Å²) < 4.78 is 5.98. The van der Waals surface area contributed by atoms with Crippen LogP contribution >= 0.6 is 0 Å². The van der Waals surface area contributed by atoms with E-state index < -0.39 is 0 Å². The van der Waals surface area contributed by atoms with Gasteiger partial charge in [0.15, 0.2) is 0 Å². The Morgan fingerprint density at radius 2 is 2.14 bits per heavy atom. The molecule has 1 aromatic heterocycles. The number of amides is 2. The molecule has 7 nitrogen and oxygen atoms in total. The van der Waals surface area contributed by atoms with Crippen molar-refractivity contribution in [3.8, 4) is 0 Å². The summed E-state index contributed by atoms with van der Waals surface area (Å²) in [4.78, 5) is 17.4. The Labute approximate surface area is 170 Å². The first-order valence-electron chi connectivity index (χ1n) is 9.84. The van der Waals surface area contributed by atoms with Crippen LogP contribution in [0.3, 0.4) is 0 Å². The summed E-state index contributed by atoms with van der Waals surface area (Å²) in [5.74, 6) is 1.49. The Morgan fingerprint density at radius 3 is 2.86 bits per heavy atom. The summed E-state index contributed by atoms with van der Waals surface area (Å²) in [5.41, 5.74) is 3.34. The lowest BCUT2D eigenvalue weighted by Crippen LogP contribution is -2.35. The first-order valence-corrected chi connectivity index (χ1v) is 9.84. The van der Waals surface area contributed by atoms with Gasteiger partial charge in [-0.25, -0.2) is 9.78 Å². The fraction of sp³-hybridized carbons (Fsp3) is 0.318. The van der Waals surface area contributed by atoms with Crippen molar-refractivity contribution in [3.63, 3.8) is 0 Å². The van der Waals surface area contributed by atoms with Gasteiger partial charge in [0.05, 0.1) is 23.2 Å². The van der Waals surface area contributed by atoms with Crippen molar-refractivity contribution in [2.45, 2.75) is 25.3 Å². The number of benzene rings is 1. The van der Waals surface area contributed by atoms with E-state index in [1.807, 2.05) is 37.3 Å². The second-order valence-electron chi connectivity index (χ2n) is 7.32. The van der Waals surface area contributed by atoms with E-state index in [9.17, 15) is 4.79 Å². The molecule has 0 radical (unpaired) electrons. The Bertz CT molecular complexity index is 944. The number of ether oxygens (including phenoxy) is 1. The molecule has 1 fully saturated rings. The van der Waals surface area contributed by atoms with Crippen molar-refractivity contribution in [2.75, 3.05) is 23.8 Å². The van der Waals surface area contributed by atoms with Crippen molar-refractivity contribution in [3.05, 3.63) is 65.6 Å². The van der Waals surface area contributed by atoms with Crippen molar-refractivity contribution >= 4 is 23.8 Å². The van der Waals surface area contributed by atoms with E-state index in [-0.39, 0.29) is 23.9 Å². The van der Waals surface area contributed by atoms with Crippen LogP contribution in [0.4, 0.5) is 16.3 Å². The number of anilines is 2. The molecule has 1 aliphatic heterocycles. The molecule has 2 amide bonds. The van der Waals surface area contributed by atoms with Gasteiger partial charge < -0.3 is 20.8 Å². The van der Waals surface area contributed by atoms with Crippen molar-refractivity contribution < 1.29 is 9.53 Å². The van der Waals surface area contributed by atoms with Crippen LogP contribution in [0.15, 0.2) is 48.7 Å². The van der Waals surface area contributed by atoms with Crippen molar-refractivity contribution in [1.29, 1.82) is 5.41 Å². The summed E-state index contributed by atoms with van der Waals surface area (Å²) in [6.45, 7) is 7.16. The van der Waals surface area contributed by atoms with E-state index in [1.165, 1.54) is 6.21 Å². The van der Waals surface area contributed by atoms with Crippen LogP contribution in [0.25, 0.3) is 0 Å². The Hall–Kier alpha value is -3.35. The number of rotatable bonds is 4. The maximum atomic E-state index is 12.7. The molecule has 3 atom stereocenters. The van der Waals surface area contributed by atoms with Gasteiger partial charge in [-0.1, -0.05) is 36.9 Å². The van der Waals surface area contributed by atoms with Crippen LogP contribution in [0.5, 0.6) is 0 Å². The van der Waals surface area contributed by atoms with E-state index in [0.29, 0.717) is 23.7 Å². The number of pyridine rings is 1. The zero-order chi connectivity index (χ0) is 20.4. The summed E-state index contributed by atoms with van der Waals surface area (Å²) in [6.07, 6.45) is 2.18. The Kier molecular flexibility index (Phi) is 5.20. The molecule has 2 aliphatic rings. The number of nitrogens with zero attached hydrogens (tertiary/aromatic N) is 1. The Balaban J connectivity index is 1.71. The predicted molar refractivity (Wildman–Crippen MR) is 114 cm³/mol. The molecule has 2 aromatic rings. The Morgan fingerprint density at radius 1 is 1.34 bits per heavy atom. The smallest absolute Gasteiger partial charge is 0.321 e. The molecule has 4 N–H and O–H groups in total. The van der Waals surface area contributed by atoms with Crippen molar-refractivity contribution in [2.24, 2.45) is 5.92 Å². The van der Waals surface area contributed by atoms with Gasteiger partial charge >= 0.3 is 6.03 Å². The van der Waals surface area contributed by atoms with Gasteiger partial charge in [0.1, 0.15) is 12.4 Å². The van der Waals surface area contributed by atoms with Gasteiger partial charge in [-0.3, -0.25) is 5.32 Å². The van der Waals surface area contributed by atoms with Gasteiger partial charge in [0.2, 0.25) is 0 Å². The van der Waals surface area contributed by atoms with Gasteiger partial charge in [-0.15, -0.1) is 0 Å². The highest BCUT2D eigenvalue weighted by molar-refractivity contribution is 5.93. The van der Waals surface area contributed by atoms with Crippen LogP contribution in [0, 0.1) is 11.3 Å². The number of urea groups is 1. The molecule has 1 aliphatic carbocycles. The van der Waals surface area contributed by atoms with Gasteiger partial charge in [0.25, 0.3) is 0 Å². The monoisotopic (exact) mass is 391 g/mol. The molecule has 4 rings (SSSR count). The minimum atomic E-state index is -0.369. The molecule has 1 saturated carbocycles. The lowest BCUT2D eigenvalue weighted by Gasteiger charge is -2.22. The fourth-order valence-corrected chi connectivity index (χ4v) is 3.77. The van der Waals surface area contributed by atoms with Crippen LogP contribution in [0.1, 0.15) is 42.1 Å². The number of hydrogen-bond donors (Lipinski definition) is 4. The summed E-state index contributed by atoms with van der Waals surface area (Å²) in [7, 11) is 0. The zero-order valence-corrected chi connectivity index (χ0v) is 16.4. The largest absolute Gasteiger partial charge is 0.496 e. The molecule has 1 aromatic carbocycles. The molecule has 0 saturated heterocycles. The number of allylic oxidation sites excluding steroid dienone is 1. The average Bonchev–Trinajstić information content (AvgIpc) is 3.52. The lowest BCUT2D eigenvalue weighted by atomic mass is 10.1. The maximum Gasteiger partial charge on any atom is 0.321 e. The van der Waals surface area contributed by atoms with Crippen molar-refractivity contribution in [1.82, 2.24) is 10.3 Å². The number of carbonyl (C=O) groups is 1. The number of aromatic nitrogens is 1. The van der Waals surface area contributed by atoms with E-state index in [0.717, 1.165) is 29.9 Å². The third kappa shape index (κ3) is 3.94. The standard InChI is InChI=1S/C22H25N5O2/c1-3-24-20-15(11-23)9-19-26-21(20)17-10-16(17)13(2)29-12-18(25-22(28)27-19)14-7-5-4-6-8-14/h4-9,11,16-18,23-24H,2-3,10,12H2,1H3,(H2,25,26,27,28)/t16-,17-,18+/m0/s1. The van der Waals surface area contributed by atoms with Gasteiger partial charge in [-0.2, -0.15) is 0 Å². The minimum absolute atomic E-state index is 0.162. The third-order valence-corrected chi connectivity index (χ3v) is 5.33. The highest BCUT2D eigenvalue weighted by atomic mass is 16.5. The zero-order valence-electron chi connectivity index (χ0n) is 16.4. The third-order valence-electron chi connectivity index (χ3n) is 5.33. The topological polar surface area (TPSA) is 99.1 Å². The predicted octanol–water partition coefficient (Wildman–Crippen LogP) is 4.02. The van der Waals surface area contributed by atoms with Crippen LogP contribution in [0.2, 0.25) is 0 Å². The first kappa shape index (κ1) is 19.0. The van der Waals surface area contributed by atoms with Crippen LogP contribution in [-0.4, -0.2) is 30.4 Å². The maximum absolute atomic E-state index is 12.7. The molecular formula is C22H25N5O2. The molecule has 0 spiro atoms. The number of hydrogen-bond acceptors (Lipinski definition) is 5. The molecule has 2 heterocycles. The normalized spacial score (nSPS) is 23.3. The summed E-state index contributed by atoms with van der Waals surface area (Å²) in [5, 5.41) is 16.9. The lowest BCUT2D eigenvalue weighted by molar-refractivity contribution is 0.168. The summed E-state index contributed by atoms with van der Waals surface area (Å²) >= 11 is 0. The van der Waals surface area contributed by atoms with E-state index in [1.54, 1.807) is 6.07 Å². The van der Waals surface area contributed by atoms with E-state index in [2.05, 4.69) is 22.5 Å². The number of nitrogens with one attached hydrogen (secondary N) is 4. The number of fused-ring (bicyclic) bond motifs is 4. The van der Waals surface area contributed by atoms with Crippen LogP contribution < -0.4 is 16.0 Å². The molecule has 29 heavy (non-hydrogen) atoms. The molecule has 0 unspecified atom stereocenters. The number of carbonyl (C=O) groups excluding carboxylic acids is 1. The highest BCUT2D eigenvalue weighted by Crippen LogP contribution is 2.53. The SMILES string of the molecule is C=C1OC[C@H](c2ccccc2)NC(=O)Nc2cc(C=N)c(NCC)c(n2)[C@H]2C[C@@H]12.